The van der Waals surface area contributed by atoms with E-state index in [9.17, 15) is 13.2 Å². The van der Waals surface area contributed by atoms with Crippen LogP contribution in [0.25, 0.3) is 11.3 Å². The second kappa shape index (κ2) is 7.12. The number of hydrogen-bond donors (Lipinski definition) is 1. The normalized spacial score (nSPS) is 13.4. The first-order valence-corrected chi connectivity index (χ1v) is 10.7. The number of carbonyl (C=O) groups is 1. The Morgan fingerprint density at radius 1 is 1.18 bits per heavy atom. The Balaban J connectivity index is 1.43. The Labute approximate surface area is 163 Å². The highest BCUT2D eigenvalue weighted by atomic mass is 32.2. The monoisotopic (exact) mass is 397 g/mol. The second-order valence-corrected chi connectivity index (χ2v) is 8.61. The van der Waals surface area contributed by atoms with E-state index in [1.807, 2.05) is 36.4 Å². The van der Waals surface area contributed by atoms with Crippen LogP contribution < -0.4 is 9.62 Å². The highest BCUT2D eigenvalue weighted by molar-refractivity contribution is 7.92. The molecule has 0 aliphatic carbocycles. The van der Waals surface area contributed by atoms with Gasteiger partial charge in [-0.2, -0.15) is 0 Å². The summed E-state index contributed by atoms with van der Waals surface area (Å²) in [4.78, 5) is 12.4. The maximum atomic E-state index is 12.4. The van der Waals surface area contributed by atoms with Crippen LogP contribution in [0, 0.1) is 0 Å². The standard InChI is InChI=1S/C20H19N3O4S/c1-28(25,26)23-10-9-15-11-16(7-8-18(15)23)21-20(24)13-17-12-19(27-22-17)14-5-3-2-4-6-14/h2-8,11-12H,9-10,13H2,1H3,(H,21,24). The van der Waals surface area contributed by atoms with E-state index in [0.717, 1.165) is 11.1 Å². The number of nitrogens with one attached hydrogen (secondary N) is 1. The minimum absolute atomic E-state index is 0.0862. The van der Waals surface area contributed by atoms with Crippen LogP contribution in [0.2, 0.25) is 0 Å². The van der Waals surface area contributed by atoms with Gasteiger partial charge in [-0.05, 0) is 30.2 Å². The first-order valence-electron chi connectivity index (χ1n) is 8.82. The molecule has 0 unspecified atom stereocenters. The van der Waals surface area contributed by atoms with Gasteiger partial charge < -0.3 is 9.84 Å². The third-order valence-electron chi connectivity index (χ3n) is 4.58. The van der Waals surface area contributed by atoms with Gasteiger partial charge in [0.25, 0.3) is 0 Å². The van der Waals surface area contributed by atoms with Crippen LogP contribution in [0.15, 0.2) is 59.1 Å². The highest BCUT2D eigenvalue weighted by Gasteiger charge is 2.26. The summed E-state index contributed by atoms with van der Waals surface area (Å²) in [7, 11) is -3.29. The molecule has 2 aromatic carbocycles. The minimum atomic E-state index is -3.29. The van der Waals surface area contributed by atoms with Gasteiger partial charge in [-0.15, -0.1) is 0 Å². The molecule has 1 N–H and O–H groups in total. The molecule has 0 radical (unpaired) electrons. The largest absolute Gasteiger partial charge is 0.356 e. The van der Waals surface area contributed by atoms with Crippen LogP contribution in [-0.2, 0) is 27.7 Å². The molecule has 0 atom stereocenters. The quantitative estimate of drug-likeness (QED) is 0.715. The summed E-state index contributed by atoms with van der Waals surface area (Å²) < 4.78 is 30.3. The average molecular weight is 397 g/mol. The van der Waals surface area contributed by atoms with Gasteiger partial charge in [-0.1, -0.05) is 35.5 Å². The number of fused-ring (bicyclic) bond motifs is 1. The number of nitrogens with zero attached hydrogens (tertiary/aromatic N) is 2. The second-order valence-electron chi connectivity index (χ2n) is 6.70. The van der Waals surface area contributed by atoms with Crippen LogP contribution in [0.3, 0.4) is 0 Å². The van der Waals surface area contributed by atoms with Crippen molar-refractivity contribution in [2.24, 2.45) is 0 Å². The Hall–Kier alpha value is -3.13. The predicted octanol–water partition coefficient (Wildman–Crippen LogP) is 2.84. The summed E-state index contributed by atoms with van der Waals surface area (Å²) in [6.07, 6.45) is 1.90. The molecule has 7 nitrogen and oxygen atoms in total. The first kappa shape index (κ1) is 18.2. The fourth-order valence-corrected chi connectivity index (χ4v) is 4.26. The van der Waals surface area contributed by atoms with E-state index in [0.29, 0.717) is 35.8 Å². The van der Waals surface area contributed by atoms with Crippen LogP contribution in [0.4, 0.5) is 11.4 Å². The maximum Gasteiger partial charge on any atom is 0.232 e. The molecule has 144 valence electrons. The first-order chi connectivity index (χ1) is 13.4. The van der Waals surface area contributed by atoms with E-state index in [2.05, 4.69) is 10.5 Å². The van der Waals surface area contributed by atoms with Gasteiger partial charge in [0.1, 0.15) is 0 Å². The van der Waals surface area contributed by atoms with Crippen LogP contribution in [0.5, 0.6) is 0 Å². The molecule has 0 bridgehead atoms. The predicted molar refractivity (Wildman–Crippen MR) is 107 cm³/mol. The number of anilines is 2. The number of carbonyl (C=O) groups excluding carboxylic acids is 1. The smallest absolute Gasteiger partial charge is 0.232 e. The third-order valence-corrected chi connectivity index (χ3v) is 5.76. The van der Waals surface area contributed by atoms with E-state index in [1.54, 1.807) is 18.2 Å². The lowest BCUT2D eigenvalue weighted by atomic mass is 10.1. The SMILES string of the molecule is CS(=O)(=O)N1CCc2cc(NC(=O)Cc3cc(-c4ccccc4)on3)ccc21. The van der Waals surface area contributed by atoms with E-state index in [1.165, 1.54) is 10.6 Å². The van der Waals surface area contributed by atoms with Crippen molar-refractivity contribution in [3.8, 4) is 11.3 Å². The molecule has 3 aromatic rings. The van der Waals surface area contributed by atoms with Gasteiger partial charge in [0.15, 0.2) is 5.76 Å². The van der Waals surface area contributed by atoms with E-state index < -0.39 is 10.0 Å². The van der Waals surface area contributed by atoms with Crippen molar-refractivity contribution in [1.29, 1.82) is 0 Å². The van der Waals surface area contributed by atoms with Crippen molar-refractivity contribution < 1.29 is 17.7 Å². The zero-order valence-corrected chi connectivity index (χ0v) is 16.1. The Kier molecular flexibility index (Phi) is 4.64. The molecular weight excluding hydrogens is 378 g/mol. The van der Waals surface area contributed by atoms with Crippen LogP contribution in [-0.4, -0.2) is 32.3 Å². The Morgan fingerprint density at radius 3 is 2.71 bits per heavy atom. The molecule has 0 saturated heterocycles. The van der Waals surface area contributed by atoms with Crippen LogP contribution in [0.1, 0.15) is 11.3 Å². The zero-order chi connectivity index (χ0) is 19.7. The van der Waals surface area contributed by atoms with Crippen molar-refractivity contribution in [1.82, 2.24) is 5.16 Å². The summed E-state index contributed by atoms with van der Waals surface area (Å²) in [6.45, 7) is 0.423. The summed E-state index contributed by atoms with van der Waals surface area (Å²) in [5, 5.41) is 6.79. The van der Waals surface area contributed by atoms with Crippen molar-refractivity contribution in [3.05, 3.63) is 65.9 Å². The van der Waals surface area contributed by atoms with Crippen molar-refractivity contribution >= 4 is 27.3 Å². The zero-order valence-electron chi connectivity index (χ0n) is 15.3. The van der Waals surface area contributed by atoms with E-state index >= 15 is 0 Å². The number of amides is 1. The topological polar surface area (TPSA) is 92.5 Å². The number of benzene rings is 2. The van der Waals surface area contributed by atoms with Gasteiger partial charge in [0.05, 0.1) is 24.1 Å². The molecule has 0 fully saturated rings. The summed E-state index contributed by atoms with van der Waals surface area (Å²) >= 11 is 0. The van der Waals surface area contributed by atoms with Crippen molar-refractivity contribution in [2.45, 2.75) is 12.8 Å². The lowest BCUT2D eigenvalue weighted by Crippen LogP contribution is -2.27. The maximum absolute atomic E-state index is 12.4. The number of rotatable bonds is 5. The molecule has 0 spiro atoms. The lowest BCUT2D eigenvalue weighted by molar-refractivity contribution is -0.115. The Morgan fingerprint density at radius 2 is 1.96 bits per heavy atom. The number of aromatic nitrogens is 1. The third kappa shape index (κ3) is 3.77. The summed E-state index contributed by atoms with van der Waals surface area (Å²) in [6, 6.07) is 16.6. The minimum Gasteiger partial charge on any atom is -0.356 e. The molecule has 1 aromatic heterocycles. The lowest BCUT2D eigenvalue weighted by Gasteiger charge is -2.16. The number of sulfonamides is 1. The highest BCUT2D eigenvalue weighted by Crippen LogP contribution is 2.32. The molecule has 1 aliphatic heterocycles. The van der Waals surface area contributed by atoms with Crippen molar-refractivity contribution in [3.63, 3.8) is 0 Å². The molecule has 8 heteroatoms. The number of hydrogen-bond acceptors (Lipinski definition) is 5. The van der Waals surface area contributed by atoms with Gasteiger partial charge >= 0.3 is 0 Å². The van der Waals surface area contributed by atoms with Gasteiger partial charge in [0, 0.05) is 23.9 Å². The fraction of sp³-hybridized carbons (Fsp3) is 0.200. The van der Waals surface area contributed by atoms with Gasteiger partial charge in [-0.25, -0.2) is 8.42 Å². The molecule has 4 rings (SSSR count). The van der Waals surface area contributed by atoms with Gasteiger partial charge in [0.2, 0.25) is 15.9 Å². The molecule has 1 aliphatic rings. The van der Waals surface area contributed by atoms with E-state index in [-0.39, 0.29) is 12.3 Å². The average Bonchev–Trinajstić information content (AvgIpc) is 3.28. The molecule has 2 heterocycles. The van der Waals surface area contributed by atoms with Crippen LogP contribution >= 0.6 is 0 Å². The summed E-state index contributed by atoms with van der Waals surface area (Å²) in [5.74, 6) is 0.396. The summed E-state index contributed by atoms with van der Waals surface area (Å²) in [5.41, 5.74) is 3.64. The van der Waals surface area contributed by atoms with Gasteiger partial charge in [-0.3, -0.25) is 9.10 Å². The van der Waals surface area contributed by atoms with E-state index in [4.69, 9.17) is 4.52 Å². The molecule has 0 saturated carbocycles. The Bertz CT molecular complexity index is 1120. The molecular formula is C20H19N3O4S. The molecule has 1 amide bonds. The fourth-order valence-electron chi connectivity index (χ4n) is 3.30. The molecule has 28 heavy (non-hydrogen) atoms. The van der Waals surface area contributed by atoms with Crippen molar-refractivity contribution in [2.75, 3.05) is 22.4 Å².